The molecule has 2 atom stereocenters. The maximum atomic E-state index is 12.6. The van der Waals surface area contributed by atoms with Crippen LogP contribution >= 0.6 is 11.6 Å². The summed E-state index contributed by atoms with van der Waals surface area (Å²) in [5, 5.41) is 10.1. The molecule has 0 spiro atoms. The first-order chi connectivity index (χ1) is 11.5. The third-order valence-corrected chi connectivity index (χ3v) is 4.47. The van der Waals surface area contributed by atoms with E-state index < -0.39 is 11.9 Å². The maximum Gasteiger partial charge on any atom is 0.308 e. The van der Waals surface area contributed by atoms with Crippen molar-refractivity contribution >= 4 is 23.5 Å². The van der Waals surface area contributed by atoms with Gasteiger partial charge in [0.05, 0.1) is 17.8 Å². The van der Waals surface area contributed by atoms with Gasteiger partial charge in [-0.2, -0.15) is 0 Å². The summed E-state index contributed by atoms with van der Waals surface area (Å²) in [5.74, 6) is -2.15. The van der Waals surface area contributed by atoms with Crippen LogP contribution in [-0.4, -0.2) is 44.9 Å². The van der Waals surface area contributed by atoms with E-state index >= 15 is 0 Å². The van der Waals surface area contributed by atoms with Crippen LogP contribution in [0.4, 0.5) is 0 Å². The average Bonchev–Trinajstić information content (AvgIpc) is 3.01. The van der Waals surface area contributed by atoms with Crippen LogP contribution in [0.1, 0.15) is 27.7 Å². The molecule has 124 valence electrons. The van der Waals surface area contributed by atoms with Crippen molar-refractivity contribution in [3.63, 3.8) is 0 Å². The predicted molar refractivity (Wildman–Crippen MR) is 88.0 cm³/mol. The number of rotatable bonds is 3. The zero-order valence-corrected chi connectivity index (χ0v) is 13.8. The van der Waals surface area contributed by atoms with E-state index in [1.54, 1.807) is 19.1 Å². The lowest BCUT2D eigenvalue weighted by atomic mass is 9.89. The number of aryl methyl sites for hydroxylation is 1. The fourth-order valence-corrected chi connectivity index (χ4v) is 3.06. The quantitative estimate of drug-likeness (QED) is 0.923. The van der Waals surface area contributed by atoms with Crippen LogP contribution in [0.2, 0.25) is 5.02 Å². The summed E-state index contributed by atoms with van der Waals surface area (Å²) < 4.78 is 0. The van der Waals surface area contributed by atoms with Crippen molar-refractivity contribution < 1.29 is 14.7 Å². The third-order valence-electron chi connectivity index (χ3n) is 4.22. The Morgan fingerprint density at radius 3 is 2.46 bits per heavy atom. The SMILES string of the molecule is Cc1cnc(C(=O)N2C[C@@H](C(=O)O)[C@H](c3ccc(Cl)cc3)C2)cn1. The summed E-state index contributed by atoms with van der Waals surface area (Å²) in [6.07, 6.45) is 2.94. The molecule has 1 fully saturated rings. The van der Waals surface area contributed by atoms with Crippen LogP contribution in [0.25, 0.3) is 0 Å². The normalized spacial score (nSPS) is 20.2. The fraction of sp³-hybridized carbons (Fsp3) is 0.294. The lowest BCUT2D eigenvalue weighted by molar-refractivity contribution is -0.141. The Hall–Kier alpha value is -2.47. The van der Waals surface area contributed by atoms with Gasteiger partial charge >= 0.3 is 5.97 Å². The van der Waals surface area contributed by atoms with Gasteiger partial charge in [0.1, 0.15) is 5.69 Å². The van der Waals surface area contributed by atoms with E-state index in [0.717, 1.165) is 11.3 Å². The second-order valence-corrected chi connectivity index (χ2v) is 6.29. The number of carboxylic acid groups (broad SMARTS) is 1. The second-order valence-electron chi connectivity index (χ2n) is 5.86. The van der Waals surface area contributed by atoms with E-state index in [0.29, 0.717) is 11.6 Å². The maximum absolute atomic E-state index is 12.6. The number of hydrogen-bond donors (Lipinski definition) is 1. The number of likely N-dealkylation sites (tertiary alicyclic amines) is 1. The number of hydrogen-bond acceptors (Lipinski definition) is 4. The zero-order chi connectivity index (χ0) is 17.3. The molecule has 1 aliphatic rings. The summed E-state index contributed by atoms with van der Waals surface area (Å²) in [4.78, 5) is 33.9. The van der Waals surface area contributed by atoms with E-state index in [-0.39, 0.29) is 24.1 Å². The molecular weight excluding hydrogens is 330 g/mol. The molecule has 3 rings (SSSR count). The van der Waals surface area contributed by atoms with Gasteiger partial charge in [0.15, 0.2) is 0 Å². The van der Waals surface area contributed by atoms with Gasteiger partial charge in [0.25, 0.3) is 5.91 Å². The van der Waals surface area contributed by atoms with Crippen LogP contribution in [0, 0.1) is 12.8 Å². The van der Waals surface area contributed by atoms with Crippen LogP contribution in [0.3, 0.4) is 0 Å². The number of carboxylic acids is 1. The van der Waals surface area contributed by atoms with E-state index in [9.17, 15) is 14.7 Å². The zero-order valence-electron chi connectivity index (χ0n) is 13.0. The molecule has 0 saturated carbocycles. The average molecular weight is 346 g/mol. The van der Waals surface area contributed by atoms with Gasteiger partial charge in [-0.3, -0.25) is 14.6 Å². The van der Waals surface area contributed by atoms with Gasteiger partial charge in [-0.15, -0.1) is 0 Å². The summed E-state index contributed by atoms with van der Waals surface area (Å²) in [6, 6.07) is 7.07. The lowest BCUT2D eigenvalue weighted by Gasteiger charge is -2.16. The Bertz CT molecular complexity index is 762. The molecule has 1 saturated heterocycles. The molecule has 0 unspecified atom stereocenters. The van der Waals surface area contributed by atoms with Crippen molar-refractivity contribution in [2.24, 2.45) is 5.92 Å². The summed E-state index contributed by atoms with van der Waals surface area (Å²) >= 11 is 5.89. The van der Waals surface area contributed by atoms with E-state index in [4.69, 9.17) is 11.6 Å². The molecule has 7 heteroatoms. The number of aliphatic carboxylic acids is 1. The first-order valence-corrected chi connectivity index (χ1v) is 7.89. The summed E-state index contributed by atoms with van der Waals surface area (Å²) in [5.41, 5.74) is 1.80. The monoisotopic (exact) mass is 345 g/mol. The van der Waals surface area contributed by atoms with E-state index in [2.05, 4.69) is 9.97 Å². The van der Waals surface area contributed by atoms with Crippen LogP contribution in [0.5, 0.6) is 0 Å². The molecule has 0 bridgehead atoms. The molecule has 2 aromatic rings. The Morgan fingerprint density at radius 2 is 1.88 bits per heavy atom. The molecule has 1 aromatic heterocycles. The molecule has 6 nitrogen and oxygen atoms in total. The van der Waals surface area contributed by atoms with Crippen molar-refractivity contribution in [3.8, 4) is 0 Å². The highest BCUT2D eigenvalue weighted by Crippen LogP contribution is 2.34. The van der Waals surface area contributed by atoms with Crippen LogP contribution in [-0.2, 0) is 4.79 Å². The van der Waals surface area contributed by atoms with E-state index in [1.807, 2.05) is 12.1 Å². The Morgan fingerprint density at radius 1 is 1.17 bits per heavy atom. The standard InChI is InChI=1S/C17H16ClN3O3/c1-10-6-20-15(7-19-10)16(22)21-8-13(14(9-21)17(23)24)11-2-4-12(18)5-3-11/h2-7,13-14H,8-9H2,1H3,(H,23,24)/t13-,14+/m0/s1. The molecule has 1 aromatic carbocycles. The highest BCUT2D eigenvalue weighted by atomic mass is 35.5. The van der Waals surface area contributed by atoms with Gasteiger partial charge < -0.3 is 10.0 Å². The first-order valence-electron chi connectivity index (χ1n) is 7.52. The van der Waals surface area contributed by atoms with Crippen molar-refractivity contribution in [1.29, 1.82) is 0 Å². The highest BCUT2D eigenvalue weighted by molar-refractivity contribution is 6.30. The Labute approximate surface area is 144 Å². The minimum Gasteiger partial charge on any atom is -0.481 e. The number of aromatic nitrogens is 2. The van der Waals surface area contributed by atoms with Gasteiger partial charge in [-0.25, -0.2) is 4.98 Å². The predicted octanol–water partition coefficient (Wildman–Crippen LogP) is 2.38. The van der Waals surface area contributed by atoms with Crippen LogP contribution < -0.4 is 0 Å². The largest absolute Gasteiger partial charge is 0.481 e. The summed E-state index contributed by atoms with van der Waals surface area (Å²) in [7, 11) is 0. The smallest absolute Gasteiger partial charge is 0.308 e. The first kappa shape index (κ1) is 16.4. The van der Waals surface area contributed by atoms with E-state index in [1.165, 1.54) is 17.3 Å². The molecule has 2 heterocycles. The lowest BCUT2D eigenvalue weighted by Crippen LogP contribution is -2.30. The molecule has 1 amide bonds. The highest BCUT2D eigenvalue weighted by Gasteiger charge is 2.40. The Kier molecular flexibility index (Phi) is 4.49. The number of carbonyl (C=O) groups excluding carboxylic acids is 1. The summed E-state index contributed by atoms with van der Waals surface area (Å²) in [6.45, 7) is 2.26. The van der Waals surface area contributed by atoms with Crippen molar-refractivity contribution in [3.05, 3.63) is 58.6 Å². The minimum absolute atomic E-state index is 0.150. The molecule has 0 radical (unpaired) electrons. The number of carbonyl (C=O) groups is 2. The van der Waals surface area contributed by atoms with Crippen molar-refractivity contribution in [2.75, 3.05) is 13.1 Å². The minimum atomic E-state index is -0.916. The fourth-order valence-electron chi connectivity index (χ4n) is 2.93. The van der Waals surface area contributed by atoms with Gasteiger partial charge in [-0.1, -0.05) is 23.7 Å². The van der Waals surface area contributed by atoms with Gasteiger partial charge in [-0.05, 0) is 24.6 Å². The van der Waals surface area contributed by atoms with Crippen molar-refractivity contribution in [2.45, 2.75) is 12.8 Å². The third kappa shape index (κ3) is 3.23. The Balaban J connectivity index is 1.84. The molecule has 1 aliphatic heterocycles. The molecule has 1 N–H and O–H groups in total. The van der Waals surface area contributed by atoms with Crippen molar-refractivity contribution in [1.82, 2.24) is 14.9 Å². The van der Waals surface area contributed by atoms with Crippen LogP contribution in [0.15, 0.2) is 36.7 Å². The topological polar surface area (TPSA) is 83.4 Å². The van der Waals surface area contributed by atoms with Gasteiger partial charge in [0.2, 0.25) is 0 Å². The number of nitrogens with zero attached hydrogens (tertiary/aromatic N) is 3. The number of amides is 1. The number of benzene rings is 1. The number of halogens is 1. The molecular formula is C17H16ClN3O3. The second kappa shape index (κ2) is 6.57. The molecule has 24 heavy (non-hydrogen) atoms. The van der Waals surface area contributed by atoms with Gasteiger partial charge in [0, 0.05) is 30.2 Å². The molecule has 0 aliphatic carbocycles.